The highest BCUT2D eigenvalue weighted by molar-refractivity contribution is 7.91. The Morgan fingerprint density at radius 2 is 2.14 bits per heavy atom. The molecule has 1 aromatic heterocycles. The first-order chi connectivity index (χ1) is 9.97. The van der Waals surface area contributed by atoms with Gasteiger partial charge >= 0.3 is 0 Å². The molecule has 0 unspecified atom stereocenters. The number of carbonyl (C=O) groups is 1. The third-order valence-corrected chi connectivity index (χ3v) is 6.90. The lowest BCUT2D eigenvalue weighted by atomic mass is 9.95. The van der Waals surface area contributed by atoms with Crippen LogP contribution in [0.3, 0.4) is 0 Å². The van der Waals surface area contributed by atoms with Crippen LogP contribution in [0.2, 0.25) is 0 Å². The van der Waals surface area contributed by atoms with Crippen molar-refractivity contribution in [2.45, 2.75) is 30.0 Å². The summed E-state index contributed by atoms with van der Waals surface area (Å²) in [5.74, 6) is 0.290. The smallest absolute Gasteiger partial charge is 0.249 e. The molecule has 1 amide bonds. The molecule has 0 saturated heterocycles. The van der Waals surface area contributed by atoms with Gasteiger partial charge in [-0.05, 0) is 44.5 Å². The quantitative estimate of drug-likeness (QED) is 0.699. The van der Waals surface area contributed by atoms with Crippen molar-refractivity contribution >= 4 is 39.7 Å². The van der Waals surface area contributed by atoms with Crippen LogP contribution in [0.5, 0.6) is 0 Å². The summed E-state index contributed by atoms with van der Waals surface area (Å²) in [5, 5.41) is 2.89. The number of amides is 1. The maximum atomic E-state index is 12.2. The van der Waals surface area contributed by atoms with E-state index in [4.69, 9.17) is 5.73 Å². The second kappa shape index (κ2) is 8.26. The molecule has 0 spiro atoms. The van der Waals surface area contributed by atoms with Gasteiger partial charge in [0.2, 0.25) is 15.9 Å². The predicted octanol–water partition coefficient (Wildman–Crippen LogP) is 1.07. The molecule has 126 valence electrons. The first-order valence-corrected chi connectivity index (χ1v) is 9.28. The van der Waals surface area contributed by atoms with Gasteiger partial charge in [0.15, 0.2) is 0 Å². The molecule has 0 bridgehead atoms. The number of hydrogen-bond donors (Lipinski definition) is 3. The standard InChI is InChI=1S/C13H21N3O3S2.ClH/c1-15-21(18,19)12-6-5-10(20-12)8-16-13(17)11-4-2-3-9(11)7-14;/h5-6,9,11,15H,2-4,7-8,14H2,1H3,(H,16,17);1H/t9-,11-;/m1./s1. The van der Waals surface area contributed by atoms with Crippen molar-refractivity contribution < 1.29 is 13.2 Å². The lowest BCUT2D eigenvalue weighted by Crippen LogP contribution is -2.34. The van der Waals surface area contributed by atoms with Gasteiger partial charge in [0, 0.05) is 10.8 Å². The molecular formula is C13H22ClN3O3S2. The minimum atomic E-state index is -3.41. The summed E-state index contributed by atoms with van der Waals surface area (Å²) >= 11 is 1.17. The zero-order valence-electron chi connectivity index (χ0n) is 12.4. The van der Waals surface area contributed by atoms with Gasteiger partial charge in [-0.15, -0.1) is 23.7 Å². The van der Waals surface area contributed by atoms with E-state index in [0.717, 1.165) is 24.1 Å². The van der Waals surface area contributed by atoms with E-state index in [-0.39, 0.29) is 34.4 Å². The number of rotatable bonds is 6. The van der Waals surface area contributed by atoms with Gasteiger partial charge in [0.1, 0.15) is 4.21 Å². The number of carbonyl (C=O) groups excluding carboxylic acids is 1. The van der Waals surface area contributed by atoms with E-state index >= 15 is 0 Å². The van der Waals surface area contributed by atoms with E-state index in [1.807, 2.05) is 0 Å². The Kier molecular flexibility index (Phi) is 7.27. The summed E-state index contributed by atoms with van der Waals surface area (Å²) in [6, 6.07) is 3.28. The number of sulfonamides is 1. The van der Waals surface area contributed by atoms with Gasteiger partial charge < -0.3 is 11.1 Å². The van der Waals surface area contributed by atoms with Gasteiger partial charge in [0.25, 0.3) is 0 Å². The summed E-state index contributed by atoms with van der Waals surface area (Å²) in [6.45, 7) is 0.901. The molecule has 2 rings (SSSR count). The molecule has 0 aromatic carbocycles. The molecule has 1 fully saturated rings. The largest absolute Gasteiger partial charge is 0.351 e. The van der Waals surface area contributed by atoms with Crippen LogP contribution < -0.4 is 15.8 Å². The number of hydrogen-bond acceptors (Lipinski definition) is 5. The summed E-state index contributed by atoms with van der Waals surface area (Å²) in [6.07, 6.45) is 2.94. The van der Waals surface area contributed by atoms with E-state index in [2.05, 4.69) is 10.0 Å². The third kappa shape index (κ3) is 4.42. The van der Waals surface area contributed by atoms with Crippen LogP contribution in [0.25, 0.3) is 0 Å². The van der Waals surface area contributed by atoms with Crippen LogP contribution in [0.15, 0.2) is 16.3 Å². The fourth-order valence-electron chi connectivity index (χ4n) is 2.67. The highest BCUT2D eigenvalue weighted by Crippen LogP contribution is 2.31. The van der Waals surface area contributed by atoms with Gasteiger partial charge in [-0.3, -0.25) is 4.79 Å². The minimum Gasteiger partial charge on any atom is -0.351 e. The van der Waals surface area contributed by atoms with Crippen LogP contribution in [0.1, 0.15) is 24.1 Å². The second-order valence-corrected chi connectivity index (χ2v) is 8.46. The molecule has 9 heteroatoms. The Labute approximate surface area is 141 Å². The maximum absolute atomic E-state index is 12.2. The molecular weight excluding hydrogens is 346 g/mol. The van der Waals surface area contributed by atoms with Crippen LogP contribution in [0, 0.1) is 11.8 Å². The summed E-state index contributed by atoms with van der Waals surface area (Å²) in [4.78, 5) is 13.0. The molecule has 2 atom stereocenters. The van der Waals surface area contributed by atoms with Crippen molar-refractivity contribution in [1.29, 1.82) is 0 Å². The third-order valence-electron chi connectivity index (χ3n) is 3.91. The Morgan fingerprint density at radius 1 is 1.41 bits per heavy atom. The number of nitrogens with two attached hydrogens (primary N) is 1. The van der Waals surface area contributed by atoms with Crippen molar-refractivity contribution in [2.75, 3.05) is 13.6 Å². The van der Waals surface area contributed by atoms with E-state index < -0.39 is 10.0 Å². The topological polar surface area (TPSA) is 101 Å². The Balaban J connectivity index is 0.00000242. The van der Waals surface area contributed by atoms with Gasteiger partial charge in [-0.1, -0.05) is 6.42 Å². The lowest BCUT2D eigenvalue weighted by Gasteiger charge is -2.16. The number of halogens is 1. The van der Waals surface area contributed by atoms with E-state index in [1.165, 1.54) is 18.4 Å². The van der Waals surface area contributed by atoms with Gasteiger partial charge in [-0.2, -0.15) is 0 Å². The van der Waals surface area contributed by atoms with Crippen molar-refractivity contribution in [1.82, 2.24) is 10.0 Å². The highest BCUT2D eigenvalue weighted by Gasteiger charge is 2.31. The van der Waals surface area contributed by atoms with Crippen LogP contribution in [-0.2, 0) is 21.4 Å². The second-order valence-electron chi connectivity index (χ2n) is 5.18. The van der Waals surface area contributed by atoms with E-state index in [1.54, 1.807) is 12.1 Å². The molecule has 4 N–H and O–H groups in total. The van der Waals surface area contributed by atoms with E-state index in [0.29, 0.717) is 13.1 Å². The van der Waals surface area contributed by atoms with Crippen LogP contribution >= 0.6 is 23.7 Å². The fourth-order valence-corrected chi connectivity index (χ4v) is 4.80. The van der Waals surface area contributed by atoms with Crippen LogP contribution in [-0.4, -0.2) is 27.9 Å². The summed E-state index contributed by atoms with van der Waals surface area (Å²) in [5.41, 5.74) is 5.68. The van der Waals surface area contributed by atoms with Crippen molar-refractivity contribution in [3.63, 3.8) is 0 Å². The van der Waals surface area contributed by atoms with Crippen LogP contribution in [0.4, 0.5) is 0 Å². The minimum absolute atomic E-state index is 0. The maximum Gasteiger partial charge on any atom is 0.249 e. The summed E-state index contributed by atoms with van der Waals surface area (Å²) in [7, 11) is -2.03. The zero-order chi connectivity index (χ0) is 15.5. The van der Waals surface area contributed by atoms with Gasteiger partial charge in [0.05, 0.1) is 6.54 Å². The first kappa shape index (κ1) is 19.4. The Morgan fingerprint density at radius 3 is 2.77 bits per heavy atom. The SMILES string of the molecule is CNS(=O)(=O)c1ccc(CNC(=O)[C@@H]2CCC[C@@H]2CN)s1.Cl. The van der Waals surface area contributed by atoms with Crippen molar-refractivity contribution in [3.05, 3.63) is 17.0 Å². The molecule has 22 heavy (non-hydrogen) atoms. The monoisotopic (exact) mass is 367 g/mol. The molecule has 1 heterocycles. The molecule has 0 aliphatic heterocycles. The molecule has 6 nitrogen and oxygen atoms in total. The summed E-state index contributed by atoms with van der Waals surface area (Å²) < 4.78 is 25.8. The molecule has 1 aliphatic carbocycles. The lowest BCUT2D eigenvalue weighted by molar-refractivity contribution is -0.126. The fraction of sp³-hybridized carbons (Fsp3) is 0.615. The van der Waals surface area contributed by atoms with E-state index in [9.17, 15) is 13.2 Å². The molecule has 1 aliphatic rings. The normalized spacial score (nSPS) is 21.4. The van der Waals surface area contributed by atoms with Crippen molar-refractivity contribution in [3.8, 4) is 0 Å². The average Bonchev–Trinajstić information content (AvgIpc) is 3.13. The Hall–Kier alpha value is -0.670. The molecule has 1 saturated carbocycles. The molecule has 0 radical (unpaired) electrons. The first-order valence-electron chi connectivity index (χ1n) is 6.98. The van der Waals surface area contributed by atoms with Crippen molar-refractivity contribution in [2.24, 2.45) is 17.6 Å². The van der Waals surface area contributed by atoms with Gasteiger partial charge in [-0.25, -0.2) is 13.1 Å². The Bertz CT molecular complexity index is 603. The number of thiophene rings is 1. The highest BCUT2D eigenvalue weighted by atomic mass is 35.5. The average molecular weight is 368 g/mol. The molecule has 1 aromatic rings. The zero-order valence-corrected chi connectivity index (χ0v) is 14.8. The number of nitrogens with one attached hydrogen (secondary N) is 2. The predicted molar refractivity (Wildman–Crippen MR) is 89.5 cm³/mol.